The lowest BCUT2D eigenvalue weighted by atomic mass is 9.89. The summed E-state index contributed by atoms with van der Waals surface area (Å²) < 4.78 is 6.25. The van der Waals surface area contributed by atoms with E-state index >= 15 is 0 Å². The number of nitrogens with zero attached hydrogens (tertiary/aromatic N) is 3. The average molecular weight is 444 g/mol. The van der Waals surface area contributed by atoms with Crippen molar-refractivity contribution in [1.82, 2.24) is 20.2 Å². The molecule has 4 aliphatic rings. The molecule has 0 aromatic heterocycles. The van der Waals surface area contributed by atoms with Gasteiger partial charge in [-0.2, -0.15) is 0 Å². The van der Waals surface area contributed by atoms with Gasteiger partial charge in [-0.25, -0.2) is 10.6 Å². The minimum Gasteiger partial charge on any atom is -0.477 e. The van der Waals surface area contributed by atoms with Crippen LogP contribution in [0, 0.1) is 5.92 Å². The maximum Gasteiger partial charge on any atom is 0.370 e. The van der Waals surface area contributed by atoms with Crippen LogP contribution < -0.4 is 16.6 Å². The van der Waals surface area contributed by atoms with Crippen LogP contribution in [0.5, 0.6) is 0 Å². The summed E-state index contributed by atoms with van der Waals surface area (Å²) in [6.45, 7) is 0. The molecule has 0 aromatic carbocycles. The number of rotatable bonds is 5. The first-order chi connectivity index (χ1) is 13.8. The fraction of sp³-hybridized carbons (Fsp3) is 0.500. The predicted molar refractivity (Wildman–Crippen MR) is 98.9 cm³/mol. The van der Waals surface area contributed by atoms with Gasteiger partial charge in [0, 0.05) is 17.1 Å². The first-order valence-electron chi connectivity index (χ1n) is 8.30. The van der Waals surface area contributed by atoms with Crippen LogP contribution in [0.4, 0.5) is 0 Å². The number of hydrogen-bond donors (Lipinski definition) is 4. The van der Waals surface area contributed by atoms with E-state index in [4.69, 9.17) is 15.4 Å². The van der Waals surface area contributed by atoms with Crippen molar-refractivity contribution in [3.05, 3.63) is 11.1 Å². The maximum absolute atomic E-state index is 12.8. The molecule has 0 bridgehead atoms. The number of aliphatic carboxylic acids is 1. The number of esters is 1. The van der Waals surface area contributed by atoms with Gasteiger partial charge in [0.15, 0.2) is 5.71 Å². The summed E-state index contributed by atoms with van der Waals surface area (Å²) in [7, 11) is 1.26. The van der Waals surface area contributed by atoms with Crippen molar-refractivity contribution in [3.8, 4) is 0 Å². The third-order valence-corrected chi connectivity index (χ3v) is 6.94. The molecule has 5 N–H and O–H groups in total. The number of hydrogen-bond acceptors (Lipinski definition) is 12. The third-order valence-electron chi connectivity index (χ3n) is 4.87. The molecule has 4 aliphatic heterocycles. The number of thioether (sulfide) groups is 1. The number of oxime groups is 1. The second-order valence-electron chi connectivity index (χ2n) is 6.46. The Morgan fingerprint density at radius 1 is 1.52 bits per heavy atom. The summed E-state index contributed by atoms with van der Waals surface area (Å²) >= 11 is 2.36. The molecule has 2 amide bonds. The van der Waals surface area contributed by atoms with E-state index in [9.17, 15) is 24.3 Å². The van der Waals surface area contributed by atoms with E-state index in [-0.39, 0.29) is 17.8 Å². The number of amides is 2. The van der Waals surface area contributed by atoms with E-state index in [0.717, 1.165) is 21.4 Å². The van der Waals surface area contributed by atoms with E-state index in [1.807, 2.05) is 0 Å². The number of fused-ring (bicyclic) bond motifs is 3. The molecule has 0 aliphatic carbocycles. The fourth-order valence-corrected chi connectivity index (χ4v) is 5.71. The number of carbonyl (C=O) groups excluding carboxylic acids is 3. The summed E-state index contributed by atoms with van der Waals surface area (Å²) in [4.78, 5) is 54.8. The standard InChI is InChI=1S/C14H16N6O7S2/c1-26-18-8(6-4-29-20(15)17-6)10(22)16-9-11(23)19-12(9)28-3-5-2-7(21)27-14(5,19)13(24)25/h4-5,9,12,17H,2-3,15H2,1H3,(H,16,22)(H,24,25)/b18-8-/t5-,9+,12+,14+/m0/s1. The Morgan fingerprint density at radius 3 is 2.90 bits per heavy atom. The quantitative estimate of drug-likeness (QED) is 0.0910. The molecular weight excluding hydrogens is 428 g/mol. The molecule has 0 unspecified atom stereocenters. The molecule has 13 nitrogen and oxygen atoms in total. The maximum atomic E-state index is 12.8. The fourth-order valence-electron chi connectivity index (χ4n) is 3.62. The van der Waals surface area contributed by atoms with Crippen molar-refractivity contribution >= 4 is 53.2 Å². The molecule has 3 saturated heterocycles. The second kappa shape index (κ2) is 7.08. The van der Waals surface area contributed by atoms with E-state index in [1.165, 1.54) is 24.3 Å². The van der Waals surface area contributed by atoms with Crippen LogP contribution in [0.3, 0.4) is 0 Å². The minimum atomic E-state index is -2.03. The second-order valence-corrected chi connectivity index (χ2v) is 8.45. The third kappa shape index (κ3) is 2.92. The van der Waals surface area contributed by atoms with Gasteiger partial charge in [0.25, 0.3) is 17.5 Å². The minimum absolute atomic E-state index is 0.0788. The Balaban J connectivity index is 1.53. The van der Waals surface area contributed by atoms with Crippen LogP contribution in [0.25, 0.3) is 0 Å². The highest BCUT2D eigenvalue weighted by Gasteiger charge is 2.71. The van der Waals surface area contributed by atoms with Crippen LogP contribution in [-0.2, 0) is 28.8 Å². The van der Waals surface area contributed by atoms with E-state index < -0.39 is 46.8 Å². The highest BCUT2D eigenvalue weighted by molar-refractivity contribution is 8.00. The number of carboxylic acid groups (broad SMARTS) is 1. The van der Waals surface area contributed by atoms with Gasteiger partial charge in [0.1, 0.15) is 18.5 Å². The number of carbonyl (C=O) groups is 4. The molecule has 4 rings (SSSR count). The predicted octanol–water partition coefficient (Wildman–Crippen LogP) is -2.08. The van der Waals surface area contributed by atoms with Crippen molar-refractivity contribution in [3.63, 3.8) is 0 Å². The number of ether oxygens (including phenoxy) is 1. The van der Waals surface area contributed by atoms with Gasteiger partial charge in [0.2, 0.25) is 0 Å². The summed E-state index contributed by atoms with van der Waals surface area (Å²) in [5.41, 5.74) is 0.780. The lowest BCUT2D eigenvalue weighted by molar-refractivity contribution is -0.215. The molecular formula is C14H16N6O7S2. The van der Waals surface area contributed by atoms with Crippen LogP contribution in [-0.4, -0.2) is 74.0 Å². The van der Waals surface area contributed by atoms with Crippen molar-refractivity contribution < 1.29 is 33.9 Å². The lowest BCUT2D eigenvalue weighted by Gasteiger charge is -2.56. The topological polar surface area (TPSA) is 176 Å². The molecule has 0 spiro atoms. The molecule has 156 valence electrons. The van der Waals surface area contributed by atoms with Gasteiger partial charge in [-0.15, -0.1) is 11.8 Å². The zero-order chi connectivity index (χ0) is 20.9. The Bertz CT molecular complexity index is 865. The van der Waals surface area contributed by atoms with Crippen LogP contribution in [0.15, 0.2) is 16.3 Å². The molecule has 3 fully saturated rings. The largest absolute Gasteiger partial charge is 0.477 e. The van der Waals surface area contributed by atoms with Gasteiger partial charge in [-0.05, 0) is 11.9 Å². The van der Waals surface area contributed by atoms with E-state index in [2.05, 4.69) is 15.9 Å². The van der Waals surface area contributed by atoms with Crippen LogP contribution in [0.2, 0.25) is 0 Å². The number of nitrogens with two attached hydrogens (primary N) is 1. The Labute approximate surface area is 172 Å². The van der Waals surface area contributed by atoms with Gasteiger partial charge in [-0.1, -0.05) is 9.68 Å². The van der Waals surface area contributed by atoms with Crippen LogP contribution >= 0.6 is 23.7 Å². The zero-order valence-corrected chi connectivity index (χ0v) is 16.5. The van der Waals surface area contributed by atoms with Crippen molar-refractivity contribution in [2.24, 2.45) is 16.9 Å². The molecule has 0 aromatic rings. The normalized spacial score (nSPS) is 33.7. The first-order valence-corrected chi connectivity index (χ1v) is 10.2. The van der Waals surface area contributed by atoms with Gasteiger partial charge in [-0.3, -0.25) is 24.7 Å². The number of carboxylic acids is 1. The summed E-state index contributed by atoms with van der Waals surface area (Å²) in [6, 6.07) is -1.00. The molecule has 0 radical (unpaired) electrons. The zero-order valence-electron chi connectivity index (χ0n) is 14.9. The highest BCUT2D eigenvalue weighted by Crippen LogP contribution is 2.51. The summed E-state index contributed by atoms with van der Waals surface area (Å²) in [5.74, 6) is 1.76. The smallest absolute Gasteiger partial charge is 0.370 e. The number of nitrogens with one attached hydrogen (secondary N) is 2. The highest BCUT2D eigenvalue weighted by atomic mass is 32.2. The van der Waals surface area contributed by atoms with Gasteiger partial charge < -0.3 is 20.0 Å². The van der Waals surface area contributed by atoms with Crippen molar-refractivity contribution in [2.45, 2.75) is 23.6 Å². The average Bonchev–Trinajstić information content (AvgIpc) is 3.25. The number of hydrazine groups is 2. The monoisotopic (exact) mass is 444 g/mol. The van der Waals surface area contributed by atoms with Crippen molar-refractivity contribution in [1.29, 1.82) is 0 Å². The Hall–Kier alpha value is -2.49. The SMILES string of the molecule is CO/N=C(\C(=O)N[C@@H]1C(=O)N2[C@@H]1SC[C@@H]1CC(=O)O[C@@]12C(=O)O)C1=CSN(N)N1. The molecule has 4 atom stereocenters. The molecule has 15 heteroatoms. The molecule has 29 heavy (non-hydrogen) atoms. The van der Waals surface area contributed by atoms with Gasteiger partial charge in [0.05, 0.1) is 12.1 Å². The van der Waals surface area contributed by atoms with E-state index in [1.54, 1.807) is 0 Å². The summed E-state index contributed by atoms with van der Waals surface area (Å²) in [6.07, 6.45) is -0.0788. The van der Waals surface area contributed by atoms with E-state index in [0.29, 0.717) is 5.75 Å². The Morgan fingerprint density at radius 2 is 2.28 bits per heavy atom. The first kappa shape index (κ1) is 19.8. The van der Waals surface area contributed by atoms with Crippen molar-refractivity contribution in [2.75, 3.05) is 12.9 Å². The summed E-state index contributed by atoms with van der Waals surface area (Å²) in [5, 5.41) is 16.8. The number of β-lactam (4-membered cyclic amide) rings is 1. The lowest BCUT2D eigenvalue weighted by Crippen LogP contribution is -2.80. The van der Waals surface area contributed by atoms with Crippen LogP contribution in [0.1, 0.15) is 6.42 Å². The molecule has 0 saturated carbocycles. The molecule has 4 heterocycles. The Kier molecular flexibility index (Phi) is 4.84. The van der Waals surface area contributed by atoms with Gasteiger partial charge >= 0.3 is 11.9 Å².